The molecule has 4 N–H and O–H groups in total. The van der Waals surface area contributed by atoms with E-state index in [2.05, 4.69) is 22.5 Å². The molecule has 2 saturated carbocycles. The lowest BCUT2D eigenvalue weighted by Crippen LogP contribution is -2.61. The molecule has 0 bridgehead atoms. The second-order valence-corrected chi connectivity index (χ2v) is 14.3. The maximum absolute atomic E-state index is 14.2. The van der Waals surface area contributed by atoms with Gasteiger partial charge in [-0.25, -0.2) is 9.59 Å². The van der Waals surface area contributed by atoms with Gasteiger partial charge in [0.1, 0.15) is 22.7 Å². The average molecular weight is 726 g/mol. The maximum atomic E-state index is 14.2. The molecule has 5 rings (SSSR count). The zero-order valence-electron chi connectivity index (χ0n) is 30.4. The summed E-state index contributed by atoms with van der Waals surface area (Å²) in [4.78, 5) is 67.8. The van der Waals surface area contributed by atoms with Crippen LogP contribution in [-0.4, -0.2) is 64.8 Å². The molecule has 0 spiro atoms. The Balaban J connectivity index is 1.45. The number of amides is 3. The highest BCUT2D eigenvalue weighted by Gasteiger charge is 2.76. The second kappa shape index (κ2) is 16.0. The van der Waals surface area contributed by atoms with Gasteiger partial charge >= 0.3 is 18.0 Å². The maximum Gasteiger partial charge on any atom is 0.408 e. The van der Waals surface area contributed by atoms with Crippen molar-refractivity contribution in [1.29, 1.82) is 0 Å². The van der Waals surface area contributed by atoms with Crippen molar-refractivity contribution in [2.75, 3.05) is 6.61 Å². The number of rotatable bonds is 14. The Morgan fingerprint density at radius 3 is 1.91 bits per heavy atom. The third-order valence-electron chi connectivity index (χ3n) is 9.69. The van der Waals surface area contributed by atoms with Crippen molar-refractivity contribution >= 4 is 29.8 Å². The monoisotopic (exact) mass is 725 g/mol. The fourth-order valence-electron chi connectivity index (χ4n) is 7.53. The Hall–Kier alpha value is -5.49. The van der Waals surface area contributed by atoms with Crippen molar-refractivity contribution in [2.24, 2.45) is 17.8 Å². The Bertz CT molecular complexity index is 1700. The van der Waals surface area contributed by atoms with E-state index in [0.29, 0.717) is 0 Å². The largest absolute Gasteiger partial charge is 0.464 e. The summed E-state index contributed by atoms with van der Waals surface area (Å²) >= 11 is 0. The number of fused-ring (bicyclic) bond motifs is 1. The molecular formula is C41H47N3O9. The van der Waals surface area contributed by atoms with Crippen molar-refractivity contribution in [2.45, 2.75) is 75.8 Å². The number of hydrogen-bond acceptors (Lipinski definition) is 9. The molecule has 280 valence electrons. The summed E-state index contributed by atoms with van der Waals surface area (Å²) in [7, 11) is 0. The van der Waals surface area contributed by atoms with Crippen LogP contribution in [0.4, 0.5) is 4.79 Å². The Labute approximate surface area is 309 Å². The van der Waals surface area contributed by atoms with E-state index in [0.717, 1.165) is 23.0 Å². The van der Waals surface area contributed by atoms with Crippen LogP contribution in [0.1, 0.15) is 63.6 Å². The molecule has 12 heteroatoms. The smallest absolute Gasteiger partial charge is 0.408 e. The molecule has 0 aliphatic heterocycles. The first-order valence-electron chi connectivity index (χ1n) is 17.7. The van der Waals surface area contributed by atoms with E-state index >= 15 is 0 Å². The Morgan fingerprint density at radius 2 is 1.43 bits per heavy atom. The zero-order valence-corrected chi connectivity index (χ0v) is 30.4. The molecule has 0 saturated heterocycles. The van der Waals surface area contributed by atoms with Gasteiger partial charge in [0, 0.05) is 24.7 Å². The molecule has 53 heavy (non-hydrogen) atoms. The van der Waals surface area contributed by atoms with E-state index < -0.39 is 76.4 Å². The topological polar surface area (TPSA) is 169 Å². The number of aliphatic hydroxyl groups excluding tert-OH is 1. The van der Waals surface area contributed by atoms with Gasteiger partial charge < -0.3 is 35.3 Å². The zero-order chi connectivity index (χ0) is 38.4. The number of nitrogens with one attached hydrogen (secondary N) is 3. The molecule has 2 aliphatic carbocycles. The summed E-state index contributed by atoms with van der Waals surface area (Å²) in [5.74, 6) is -5.19. The molecule has 12 nitrogen and oxygen atoms in total. The number of esters is 2. The third-order valence-corrected chi connectivity index (χ3v) is 9.69. The first kappa shape index (κ1) is 38.7. The number of aliphatic hydroxyl groups is 1. The predicted octanol–water partition coefficient (Wildman–Crippen LogP) is 4.50. The highest BCUT2D eigenvalue weighted by Crippen LogP contribution is 2.63. The van der Waals surface area contributed by atoms with Crippen molar-refractivity contribution in [3.63, 3.8) is 0 Å². The van der Waals surface area contributed by atoms with Gasteiger partial charge in [0.2, 0.25) is 11.8 Å². The Kier molecular flexibility index (Phi) is 11.7. The number of ether oxygens (including phenoxy) is 3. The van der Waals surface area contributed by atoms with Gasteiger partial charge in [-0.05, 0) is 50.8 Å². The summed E-state index contributed by atoms with van der Waals surface area (Å²) in [6, 6.07) is 27.2. The van der Waals surface area contributed by atoms with Crippen molar-refractivity contribution in [3.05, 3.63) is 121 Å². The van der Waals surface area contributed by atoms with E-state index in [-0.39, 0.29) is 25.9 Å². The van der Waals surface area contributed by atoms with Crippen LogP contribution in [0, 0.1) is 17.8 Å². The highest BCUT2D eigenvalue weighted by molar-refractivity contribution is 5.95. The van der Waals surface area contributed by atoms with Crippen LogP contribution in [0.3, 0.4) is 0 Å². The first-order valence-corrected chi connectivity index (χ1v) is 17.7. The van der Waals surface area contributed by atoms with Crippen LogP contribution in [0.25, 0.3) is 0 Å². The molecule has 2 unspecified atom stereocenters. The first-order chi connectivity index (χ1) is 25.3. The minimum atomic E-state index is -1.80. The normalized spacial score (nSPS) is 22.3. The van der Waals surface area contributed by atoms with Crippen molar-refractivity contribution < 1.29 is 43.3 Å². The minimum absolute atomic E-state index is 0.0303. The number of alkyl carbamates (subject to hydrolysis) is 1. The summed E-state index contributed by atoms with van der Waals surface area (Å²) in [5.41, 5.74) is -1.45. The van der Waals surface area contributed by atoms with Gasteiger partial charge in [0.25, 0.3) is 0 Å². The lowest BCUT2D eigenvalue weighted by molar-refractivity contribution is -0.156. The van der Waals surface area contributed by atoms with Crippen molar-refractivity contribution in [1.82, 2.24) is 16.0 Å². The van der Waals surface area contributed by atoms with Crippen LogP contribution < -0.4 is 16.0 Å². The van der Waals surface area contributed by atoms with Gasteiger partial charge in [0.15, 0.2) is 0 Å². The summed E-state index contributed by atoms with van der Waals surface area (Å²) in [6.45, 7) is 9.96. The molecule has 3 aromatic carbocycles. The fourth-order valence-corrected chi connectivity index (χ4v) is 7.53. The predicted molar refractivity (Wildman–Crippen MR) is 195 cm³/mol. The van der Waals surface area contributed by atoms with Crippen molar-refractivity contribution in [3.8, 4) is 0 Å². The van der Waals surface area contributed by atoms with Crippen LogP contribution in [0.5, 0.6) is 0 Å². The van der Waals surface area contributed by atoms with Gasteiger partial charge in [-0.2, -0.15) is 0 Å². The number of carbonyl (C=O) groups is 5. The second-order valence-electron chi connectivity index (χ2n) is 14.3. The molecule has 3 amide bonds. The van der Waals surface area contributed by atoms with Crippen LogP contribution in [0.15, 0.2) is 104 Å². The molecule has 0 radical (unpaired) electrons. The number of carbonyl (C=O) groups excluding carboxylic acids is 5. The molecular weight excluding hydrogens is 678 g/mol. The fraction of sp³-hybridized carbons (Fsp3) is 0.390. The summed E-state index contributed by atoms with van der Waals surface area (Å²) < 4.78 is 15.8. The molecule has 0 heterocycles. The summed E-state index contributed by atoms with van der Waals surface area (Å²) in [6.07, 6.45) is -1.75. The highest BCUT2D eigenvalue weighted by atomic mass is 16.6. The van der Waals surface area contributed by atoms with E-state index in [4.69, 9.17) is 14.2 Å². The Morgan fingerprint density at radius 1 is 0.906 bits per heavy atom. The van der Waals surface area contributed by atoms with Gasteiger partial charge in [-0.1, -0.05) is 97.6 Å². The van der Waals surface area contributed by atoms with Gasteiger partial charge in [-0.3, -0.25) is 14.4 Å². The van der Waals surface area contributed by atoms with E-state index in [1.165, 1.54) is 0 Å². The van der Waals surface area contributed by atoms with Gasteiger partial charge in [0.05, 0.1) is 24.9 Å². The number of benzene rings is 3. The molecule has 0 aromatic heterocycles. The quantitative estimate of drug-likeness (QED) is 0.0810. The number of hydrogen-bond donors (Lipinski definition) is 4. The van der Waals surface area contributed by atoms with Crippen LogP contribution in [0.2, 0.25) is 0 Å². The van der Waals surface area contributed by atoms with E-state index in [1.807, 2.05) is 91.0 Å². The molecule has 6 atom stereocenters. The minimum Gasteiger partial charge on any atom is -0.464 e. The van der Waals surface area contributed by atoms with Crippen LogP contribution in [-0.2, 0) is 38.9 Å². The average Bonchev–Trinajstić information content (AvgIpc) is 3.83. The van der Waals surface area contributed by atoms with E-state index in [9.17, 15) is 29.1 Å². The van der Waals surface area contributed by atoms with Crippen LogP contribution >= 0.6 is 0 Å². The van der Waals surface area contributed by atoms with E-state index in [1.54, 1.807) is 27.7 Å². The lowest BCUT2D eigenvalue weighted by Gasteiger charge is -2.37. The molecule has 2 fully saturated rings. The third kappa shape index (κ3) is 8.28. The molecule has 2 aliphatic rings. The standard InChI is InChI=1S/C41H47N3O9/c1-6-51-36(48)33-32-30(45)25-40(34(32)33,37(49)52-7-2)44-35(47)29(42-38(50)53-39(3,4)5)23-24-31(46)43-41(26-17-11-8-12-18-26,27-19-13-9-14-20-27)28-21-15-10-16-22-28/h6,8-22,29-30,32-34,45H,1,7,23-25H2,2-5H3,(H,42,50)(H,43,46)(H,44,47)/t29?,30-,32-,33-,34-,40?/m0/s1. The molecule has 3 aromatic rings. The van der Waals surface area contributed by atoms with Gasteiger partial charge in [-0.15, -0.1) is 0 Å². The summed E-state index contributed by atoms with van der Waals surface area (Å²) in [5, 5.41) is 19.5. The lowest BCUT2D eigenvalue weighted by atomic mass is 9.77. The SMILES string of the molecule is C=COC(=O)[C@H]1[C@H]2[C@@H]1C(NC(=O)C(CCC(=O)NC(c1ccccc1)(c1ccccc1)c1ccccc1)NC(=O)OC(C)(C)C)(C(=O)OCC)C[C@@H]2O.